The molecule has 0 aliphatic carbocycles. The Morgan fingerprint density at radius 3 is 0.978 bits per heavy atom. The first-order valence-electron chi connectivity index (χ1n) is 15.7. The van der Waals surface area contributed by atoms with Crippen LogP contribution in [0, 0.1) is 0 Å². The third kappa shape index (κ3) is 15.5. The lowest BCUT2D eigenvalue weighted by Crippen LogP contribution is -2.37. The van der Waals surface area contributed by atoms with Gasteiger partial charge in [0.15, 0.2) is 23.0 Å². The first kappa shape index (κ1) is 40.9. The van der Waals surface area contributed by atoms with Gasteiger partial charge >= 0.3 is 0 Å². The largest absolute Gasteiger partial charge is 0.493 e. The Morgan fingerprint density at radius 1 is 0.457 bits per heavy atom. The van der Waals surface area contributed by atoms with Gasteiger partial charge in [-0.2, -0.15) is 0 Å². The van der Waals surface area contributed by atoms with Crippen LogP contribution in [0.1, 0.15) is 11.1 Å². The number of nitrogens with zero attached hydrogens (tertiary/aromatic N) is 1. The van der Waals surface area contributed by atoms with Crippen molar-refractivity contribution in [2.24, 2.45) is 17.2 Å². The summed E-state index contributed by atoms with van der Waals surface area (Å²) in [6.45, 7) is 11.4. The van der Waals surface area contributed by atoms with Gasteiger partial charge in [0.1, 0.15) is 0 Å². The van der Waals surface area contributed by atoms with Gasteiger partial charge in [0.2, 0.25) is 11.5 Å². The van der Waals surface area contributed by atoms with Gasteiger partial charge in [-0.15, -0.1) is 0 Å². The molecule has 0 atom stereocenters. The van der Waals surface area contributed by atoms with E-state index in [1.165, 1.54) is 0 Å². The number of nitrogens with one attached hydrogen (secondary N) is 4. The molecule has 14 nitrogen and oxygen atoms in total. The topological polar surface area (TPSA) is 185 Å². The molecule has 10 N–H and O–H groups in total. The predicted octanol–water partition coefficient (Wildman–Crippen LogP) is -0.0387. The number of rotatable bonds is 25. The number of hydrogen-bond acceptors (Lipinski definition) is 14. The maximum absolute atomic E-state index is 5.40. The lowest BCUT2D eigenvalue weighted by Gasteiger charge is -2.18. The minimum atomic E-state index is 0.606. The van der Waals surface area contributed by atoms with Gasteiger partial charge in [0.05, 0.1) is 42.7 Å². The van der Waals surface area contributed by atoms with Crippen LogP contribution < -0.4 is 66.9 Å². The van der Waals surface area contributed by atoms with E-state index >= 15 is 0 Å². The van der Waals surface area contributed by atoms with Gasteiger partial charge in [-0.25, -0.2) is 0 Å². The fourth-order valence-corrected chi connectivity index (χ4v) is 4.60. The van der Waals surface area contributed by atoms with E-state index in [4.69, 9.17) is 45.6 Å². The van der Waals surface area contributed by atoms with E-state index in [2.05, 4.69) is 26.2 Å². The third-order valence-corrected chi connectivity index (χ3v) is 6.88. The first-order valence-corrected chi connectivity index (χ1v) is 15.7. The Kier molecular flexibility index (Phi) is 23.2. The van der Waals surface area contributed by atoms with Crippen molar-refractivity contribution in [2.45, 2.75) is 13.1 Å². The van der Waals surface area contributed by atoms with Crippen molar-refractivity contribution in [1.82, 2.24) is 26.2 Å². The van der Waals surface area contributed by atoms with Gasteiger partial charge in [0, 0.05) is 91.6 Å². The molecule has 2 rings (SSSR count). The number of methoxy groups -OCH3 is 6. The molecule has 0 bridgehead atoms. The third-order valence-electron chi connectivity index (χ3n) is 6.88. The number of hydrogen-bond donors (Lipinski definition) is 7. The lowest BCUT2D eigenvalue weighted by molar-refractivity contribution is 0.297. The highest BCUT2D eigenvalue weighted by molar-refractivity contribution is 5.54. The predicted molar refractivity (Wildman–Crippen MR) is 185 cm³/mol. The van der Waals surface area contributed by atoms with Crippen LogP contribution in [0.5, 0.6) is 34.5 Å². The SMILES string of the molecule is COc1cc(CNCCNCCNCCNCc2cc(OC)c(OC)c(OC)c2)cc(OC)c1OC.NCCN(CCN)CCN. The summed E-state index contributed by atoms with van der Waals surface area (Å²) in [5, 5.41) is 13.7. The molecule has 0 amide bonds. The van der Waals surface area contributed by atoms with E-state index in [-0.39, 0.29) is 0 Å². The second-order valence-electron chi connectivity index (χ2n) is 10.1. The van der Waals surface area contributed by atoms with E-state index in [0.29, 0.717) is 67.2 Å². The summed E-state index contributed by atoms with van der Waals surface area (Å²) < 4.78 is 32.4. The maximum atomic E-state index is 5.40. The van der Waals surface area contributed by atoms with Crippen molar-refractivity contribution in [3.63, 3.8) is 0 Å². The van der Waals surface area contributed by atoms with Gasteiger partial charge < -0.3 is 66.9 Å². The molecule has 14 heteroatoms. The first-order chi connectivity index (χ1) is 22.5. The molecule has 0 unspecified atom stereocenters. The molecule has 0 radical (unpaired) electrons. The molecule has 0 aliphatic rings. The van der Waals surface area contributed by atoms with Crippen LogP contribution >= 0.6 is 0 Å². The van der Waals surface area contributed by atoms with Crippen LogP contribution in [0.3, 0.4) is 0 Å². The lowest BCUT2D eigenvalue weighted by atomic mass is 10.1. The molecule has 0 saturated carbocycles. The average molecular weight is 653 g/mol. The summed E-state index contributed by atoms with van der Waals surface area (Å²) in [7, 11) is 9.70. The molecule has 0 aliphatic heterocycles. The maximum Gasteiger partial charge on any atom is 0.203 e. The highest BCUT2D eigenvalue weighted by atomic mass is 16.5. The van der Waals surface area contributed by atoms with Crippen molar-refractivity contribution in [1.29, 1.82) is 0 Å². The van der Waals surface area contributed by atoms with Crippen molar-refractivity contribution < 1.29 is 28.4 Å². The van der Waals surface area contributed by atoms with E-state index in [1.54, 1.807) is 42.7 Å². The standard InChI is InChI=1S/C26H42N4O6.C6H18N4/c1-31-21-13-19(14-22(32-2)25(21)35-5)17-29-11-9-27-7-8-28-10-12-30-18-20-15-23(33-3)26(36-6)24(16-20)34-4;7-1-4-10(5-2-8)6-3-9/h13-16,27-30H,7-12,17-18H2,1-6H3;1-9H2. The van der Waals surface area contributed by atoms with E-state index in [1.807, 2.05) is 24.3 Å². The summed E-state index contributed by atoms with van der Waals surface area (Å²) in [5.41, 5.74) is 18.2. The normalized spacial score (nSPS) is 10.7. The van der Waals surface area contributed by atoms with Crippen molar-refractivity contribution in [2.75, 3.05) is 121 Å². The fraction of sp³-hybridized carbons (Fsp3) is 0.625. The van der Waals surface area contributed by atoms with Crippen LogP contribution in [0.15, 0.2) is 24.3 Å². The van der Waals surface area contributed by atoms with Crippen molar-refractivity contribution in [3.8, 4) is 34.5 Å². The average Bonchev–Trinajstić information content (AvgIpc) is 3.08. The van der Waals surface area contributed by atoms with Crippen LogP contribution in [0.4, 0.5) is 0 Å². The zero-order valence-electron chi connectivity index (χ0n) is 28.8. The molecular formula is C32H60N8O6. The van der Waals surface area contributed by atoms with Gasteiger partial charge in [-0.1, -0.05) is 0 Å². The van der Waals surface area contributed by atoms with Gasteiger partial charge in [-0.05, 0) is 35.4 Å². The number of ether oxygens (including phenoxy) is 6. The zero-order valence-corrected chi connectivity index (χ0v) is 28.8. The Morgan fingerprint density at radius 2 is 0.739 bits per heavy atom. The minimum absolute atomic E-state index is 0.606. The number of nitrogens with two attached hydrogens (primary N) is 3. The summed E-state index contributed by atoms with van der Waals surface area (Å²) in [6, 6.07) is 7.84. The quantitative estimate of drug-likeness (QED) is 0.0709. The van der Waals surface area contributed by atoms with E-state index in [0.717, 1.165) is 70.0 Å². The molecule has 46 heavy (non-hydrogen) atoms. The summed E-state index contributed by atoms with van der Waals surface area (Å²) >= 11 is 0. The van der Waals surface area contributed by atoms with E-state index in [9.17, 15) is 0 Å². The minimum Gasteiger partial charge on any atom is -0.493 e. The van der Waals surface area contributed by atoms with Gasteiger partial charge in [0.25, 0.3) is 0 Å². The van der Waals surface area contributed by atoms with Crippen LogP contribution in [0.2, 0.25) is 0 Å². The Hall–Kier alpha value is -3.08. The Labute approximate surface area is 275 Å². The second-order valence-corrected chi connectivity index (χ2v) is 10.1. The molecule has 2 aromatic carbocycles. The Balaban J connectivity index is 0.000000908. The molecule has 264 valence electrons. The van der Waals surface area contributed by atoms with Gasteiger partial charge in [-0.3, -0.25) is 4.90 Å². The second kappa shape index (κ2) is 26.0. The van der Waals surface area contributed by atoms with Crippen molar-refractivity contribution in [3.05, 3.63) is 35.4 Å². The smallest absolute Gasteiger partial charge is 0.203 e. The number of benzene rings is 2. The highest BCUT2D eigenvalue weighted by Gasteiger charge is 2.14. The molecule has 0 saturated heterocycles. The fourth-order valence-electron chi connectivity index (χ4n) is 4.60. The molecule has 2 aromatic rings. The molecular weight excluding hydrogens is 592 g/mol. The summed E-state index contributed by atoms with van der Waals surface area (Å²) in [6.07, 6.45) is 0. The molecule has 0 heterocycles. The summed E-state index contributed by atoms with van der Waals surface area (Å²) in [4.78, 5) is 2.17. The monoisotopic (exact) mass is 652 g/mol. The van der Waals surface area contributed by atoms with Crippen LogP contribution in [-0.4, -0.2) is 126 Å². The Bertz CT molecular complexity index is 927. The zero-order chi connectivity index (χ0) is 34.0. The highest BCUT2D eigenvalue weighted by Crippen LogP contribution is 2.39. The summed E-state index contributed by atoms with van der Waals surface area (Å²) in [5.74, 6) is 3.86. The molecule has 0 aromatic heterocycles. The van der Waals surface area contributed by atoms with Crippen molar-refractivity contribution >= 4 is 0 Å². The van der Waals surface area contributed by atoms with E-state index < -0.39 is 0 Å². The van der Waals surface area contributed by atoms with Crippen LogP contribution in [0.25, 0.3) is 0 Å². The van der Waals surface area contributed by atoms with Crippen LogP contribution in [-0.2, 0) is 13.1 Å². The molecule has 0 fully saturated rings. The molecule has 0 spiro atoms.